The molecular weight excluding hydrogens is 454 g/mol. The summed E-state index contributed by atoms with van der Waals surface area (Å²) < 4.78 is 2.87. The van der Waals surface area contributed by atoms with E-state index in [-0.39, 0.29) is 17.2 Å². The van der Waals surface area contributed by atoms with Crippen LogP contribution >= 0.6 is 27.7 Å². The number of aromatic nitrogens is 3. The van der Waals surface area contributed by atoms with Crippen LogP contribution in [0.3, 0.4) is 0 Å². The predicted octanol–water partition coefficient (Wildman–Crippen LogP) is 3.72. The van der Waals surface area contributed by atoms with Crippen molar-refractivity contribution in [2.24, 2.45) is 5.73 Å². The van der Waals surface area contributed by atoms with Crippen LogP contribution in [0.25, 0.3) is 11.4 Å². The number of amides is 2. The molecule has 0 radical (unpaired) electrons. The highest BCUT2D eigenvalue weighted by Crippen LogP contribution is 2.25. The molecule has 1 heterocycles. The quantitative estimate of drug-likeness (QED) is 0.384. The molecule has 0 spiro atoms. The fourth-order valence-corrected chi connectivity index (χ4v) is 3.64. The number of carbonyl (C=O) groups is 2. The highest BCUT2D eigenvalue weighted by Gasteiger charge is 2.16. The summed E-state index contributed by atoms with van der Waals surface area (Å²) in [7, 11) is 0. The van der Waals surface area contributed by atoms with E-state index < -0.39 is 5.91 Å². The minimum absolute atomic E-state index is 0.0999. The largest absolute Gasteiger partial charge is 0.366 e. The average Bonchev–Trinajstić information content (AvgIpc) is 3.10. The van der Waals surface area contributed by atoms with Crippen LogP contribution in [0.5, 0.6) is 0 Å². The maximum Gasteiger partial charge on any atom is 0.250 e. The second-order valence-corrected chi connectivity index (χ2v) is 7.82. The van der Waals surface area contributed by atoms with Crippen LogP contribution in [0.4, 0.5) is 5.69 Å². The summed E-state index contributed by atoms with van der Waals surface area (Å²) in [6.07, 6.45) is 1.75. The maximum atomic E-state index is 12.4. The molecule has 3 rings (SSSR count). The van der Waals surface area contributed by atoms with Crippen molar-refractivity contribution in [2.75, 3.05) is 11.1 Å². The van der Waals surface area contributed by atoms with Gasteiger partial charge in [-0.3, -0.25) is 14.2 Å². The van der Waals surface area contributed by atoms with Gasteiger partial charge in [0.15, 0.2) is 11.0 Å². The standard InChI is InChI=1S/C20H18BrN5O2S/c1-2-11-26-19(13-7-9-14(21)10-8-13)24-25-20(26)29-12-17(27)23-16-6-4-3-5-15(16)18(22)28/h2-10H,1,11-12H2,(H2,22,28)(H,23,27). The smallest absolute Gasteiger partial charge is 0.250 e. The highest BCUT2D eigenvalue weighted by atomic mass is 79.9. The Morgan fingerprint density at radius 3 is 2.59 bits per heavy atom. The molecule has 9 heteroatoms. The minimum atomic E-state index is -0.599. The zero-order valence-electron chi connectivity index (χ0n) is 15.3. The molecule has 2 aromatic carbocycles. The second-order valence-electron chi connectivity index (χ2n) is 5.96. The minimum Gasteiger partial charge on any atom is -0.366 e. The molecular formula is C20H18BrN5O2S. The lowest BCUT2D eigenvalue weighted by molar-refractivity contribution is -0.113. The number of para-hydroxylation sites is 1. The number of primary amides is 1. The van der Waals surface area contributed by atoms with E-state index >= 15 is 0 Å². The zero-order chi connectivity index (χ0) is 20.8. The van der Waals surface area contributed by atoms with Crippen LogP contribution in [-0.2, 0) is 11.3 Å². The summed E-state index contributed by atoms with van der Waals surface area (Å²) in [5.41, 5.74) is 6.90. The number of benzene rings is 2. The van der Waals surface area contributed by atoms with E-state index in [1.807, 2.05) is 28.8 Å². The van der Waals surface area contributed by atoms with E-state index in [1.54, 1.807) is 30.3 Å². The van der Waals surface area contributed by atoms with Gasteiger partial charge in [0.1, 0.15) is 0 Å². The first-order valence-electron chi connectivity index (χ1n) is 8.61. The second kappa shape index (κ2) is 9.53. The van der Waals surface area contributed by atoms with Crippen LogP contribution in [0, 0.1) is 0 Å². The highest BCUT2D eigenvalue weighted by molar-refractivity contribution is 9.10. The number of nitrogens with one attached hydrogen (secondary N) is 1. The lowest BCUT2D eigenvalue weighted by Gasteiger charge is -2.10. The molecule has 0 atom stereocenters. The fraction of sp³-hybridized carbons (Fsp3) is 0.100. The Balaban J connectivity index is 1.74. The Hall–Kier alpha value is -2.91. The third kappa shape index (κ3) is 5.12. The molecule has 0 aliphatic heterocycles. The number of allylic oxidation sites excluding steroid dienone is 1. The van der Waals surface area contributed by atoms with Crippen molar-refractivity contribution in [2.45, 2.75) is 11.7 Å². The molecule has 0 aliphatic carbocycles. The van der Waals surface area contributed by atoms with Crippen molar-refractivity contribution in [1.29, 1.82) is 0 Å². The Kier molecular flexibility index (Phi) is 6.84. The van der Waals surface area contributed by atoms with Crippen molar-refractivity contribution >= 4 is 45.2 Å². The summed E-state index contributed by atoms with van der Waals surface area (Å²) >= 11 is 4.67. The molecule has 0 aliphatic rings. The monoisotopic (exact) mass is 471 g/mol. The molecule has 0 bridgehead atoms. The van der Waals surface area contributed by atoms with Crippen molar-refractivity contribution in [3.05, 3.63) is 71.2 Å². The lowest BCUT2D eigenvalue weighted by Crippen LogP contribution is -2.19. The van der Waals surface area contributed by atoms with E-state index in [1.165, 1.54) is 11.8 Å². The van der Waals surface area contributed by atoms with Gasteiger partial charge in [-0.25, -0.2) is 0 Å². The molecule has 0 saturated heterocycles. The lowest BCUT2D eigenvalue weighted by atomic mass is 10.1. The first kappa shape index (κ1) is 20.8. The first-order valence-corrected chi connectivity index (χ1v) is 10.4. The zero-order valence-corrected chi connectivity index (χ0v) is 17.7. The molecule has 29 heavy (non-hydrogen) atoms. The molecule has 3 aromatic rings. The van der Waals surface area contributed by atoms with Crippen LogP contribution in [-0.4, -0.2) is 32.3 Å². The van der Waals surface area contributed by atoms with E-state index in [0.29, 0.717) is 23.2 Å². The molecule has 0 fully saturated rings. The predicted molar refractivity (Wildman–Crippen MR) is 118 cm³/mol. The number of carbonyl (C=O) groups excluding carboxylic acids is 2. The fourth-order valence-electron chi connectivity index (χ4n) is 2.63. The summed E-state index contributed by atoms with van der Waals surface area (Å²) in [6.45, 7) is 4.29. The number of anilines is 1. The summed E-state index contributed by atoms with van der Waals surface area (Å²) in [5, 5.41) is 11.8. The number of hydrogen-bond donors (Lipinski definition) is 2. The van der Waals surface area contributed by atoms with Gasteiger partial charge in [0.25, 0.3) is 5.91 Å². The average molecular weight is 472 g/mol. The van der Waals surface area contributed by atoms with E-state index in [2.05, 4.69) is 38.0 Å². The first-order chi connectivity index (χ1) is 14.0. The molecule has 148 valence electrons. The Morgan fingerprint density at radius 1 is 1.17 bits per heavy atom. The molecule has 7 nitrogen and oxygen atoms in total. The van der Waals surface area contributed by atoms with Gasteiger partial charge in [-0.1, -0.05) is 58.0 Å². The van der Waals surface area contributed by atoms with Gasteiger partial charge in [0.2, 0.25) is 5.91 Å². The number of halogens is 1. The van der Waals surface area contributed by atoms with Crippen LogP contribution in [0.2, 0.25) is 0 Å². The van der Waals surface area contributed by atoms with Crippen LogP contribution < -0.4 is 11.1 Å². The van der Waals surface area contributed by atoms with Gasteiger partial charge in [-0.15, -0.1) is 16.8 Å². The van der Waals surface area contributed by atoms with Gasteiger partial charge >= 0.3 is 0 Å². The van der Waals surface area contributed by atoms with Crippen LogP contribution in [0.15, 0.2) is 70.8 Å². The van der Waals surface area contributed by atoms with Crippen molar-refractivity contribution in [3.63, 3.8) is 0 Å². The van der Waals surface area contributed by atoms with Crippen molar-refractivity contribution < 1.29 is 9.59 Å². The van der Waals surface area contributed by atoms with Crippen LogP contribution in [0.1, 0.15) is 10.4 Å². The summed E-state index contributed by atoms with van der Waals surface area (Å²) in [6, 6.07) is 14.3. The molecule has 3 N–H and O–H groups in total. The van der Waals surface area contributed by atoms with E-state index in [9.17, 15) is 9.59 Å². The number of hydrogen-bond acceptors (Lipinski definition) is 5. The molecule has 0 saturated carbocycles. The summed E-state index contributed by atoms with van der Waals surface area (Å²) in [4.78, 5) is 23.9. The topological polar surface area (TPSA) is 103 Å². The third-order valence-electron chi connectivity index (χ3n) is 3.93. The van der Waals surface area contributed by atoms with Gasteiger partial charge < -0.3 is 11.1 Å². The number of nitrogens with zero attached hydrogens (tertiary/aromatic N) is 3. The number of nitrogens with two attached hydrogens (primary N) is 1. The van der Waals surface area contributed by atoms with Gasteiger partial charge in [-0.2, -0.15) is 0 Å². The Morgan fingerprint density at radius 2 is 1.90 bits per heavy atom. The van der Waals surface area contributed by atoms with E-state index in [0.717, 1.165) is 10.0 Å². The molecule has 2 amide bonds. The number of rotatable bonds is 8. The van der Waals surface area contributed by atoms with Crippen molar-refractivity contribution in [1.82, 2.24) is 14.8 Å². The normalized spacial score (nSPS) is 10.5. The Bertz CT molecular complexity index is 1050. The van der Waals surface area contributed by atoms with E-state index in [4.69, 9.17) is 5.73 Å². The van der Waals surface area contributed by atoms with Gasteiger partial charge in [-0.05, 0) is 24.3 Å². The molecule has 1 aromatic heterocycles. The third-order valence-corrected chi connectivity index (χ3v) is 5.43. The maximum absolute atomic E-state index is 12.4. The SMILES string of the molecule is C=CCn1c(SCC(=O)Nc2ccccc2C(N)=O)nnc1-c1ccc(Br)cc1. The summed E-state index contributed by atoms with van der Waals surface area (Å²) in [5.74, 6) is -0.0808. The Labute approximate surface area is 180 Å². The number of thioether (sulfide) groups is 1. The van der Waals surface area contributed by atoms with Crippen molar-refractivity contribution in [3.8, 4) is 11.4 Å². The van der Waals surface area contributed by atoms with Gasteiger partial charge in [0, 0.05) is 16.6 Å². The molecule has 0 unspecified atom stereocenters. The van der Waals surface area contributed by atoms with Gasteiger partial charge in [0.05, 0.1) is 17.0 Å².